The summed E-state index contributed by atoms with van der Waals surface area (Å²) >= 11 is 0. The second-order valence-corrected chi connectivity index (χ2v) is 4.80. The monoisotopic (exact) mass is 257 g/mol. The number of nitrogens with two attached hydrogens (primary N) is 1. The molecule has 0 aliphatic heterocycles. The zero-order valence-electron chi connectivity index (χ0n) is 11.1. The average molecular weight is 257 g/mol. The molecule has 0 aliphatic rings. The number of aromatic nitrogens is 1. The predicted molar refractivity (Wildman–Crippen MR) is 76.9 cm³/mol. The van der Waals surface area contributed by atoms with E-state index in [1.807, 2.05) is 24.3 Å². The van der Waals surface area contributed by atoms with Crippen molar-refractivity contribution in [2.75, 3.05) is 13.1 Å². The van der Waals surface area contributed by atoms with E-state index in [0.717, 1.165) is 17.3 Å². The highest BCUT2D eigenvalue weighted by Gasteiger charge is 2.08. The number of pyridine rings is 1. The molecular formula is C15H19N3O. The van der Waals surface area contributed by atoms with Gasteiger partial charge in [0.25, 0.3) is 5.91 Å². The fourth-order valence-electron chi connectivity index (χ4n) is 1.97. The highest BCUT2D eigenvalue weighted by molar-refractivity contribution is 5.97. The number of rotatable bonds is 5. The van der Waals surface area contributed by atoms with Crippen molar-refractivity contribution < 1.29 is 4.79 Å². The molecule has 1 unspecified atom stereocenters. The number of hydrogen-bond donors (Lipinski definition) is 2. The second kappa shape index (κ2) is 6.29. The molecule has 0 bridgehead atoms. The second-order valence-electron chi connectivity index (χ2n) is 4.80. The summed E-state index contributed by atoms with van der Waals surface area (Å²) in [6.07, 6.45) is 2.67. The third-order valence-corrected chi connectivity index (χ3v) is 3.14. The van der Waals surface area contributed by atoms with Crippen molar-refractivity contribution in [1.82, 2.24) is 10.3 Å². The van der Waals surface area contributed by atoms with Crippen LogP contribution in [0.15, 0.2) is 36.5 Å². The quantitative estimate of drug-likeness (QED) is 0.860. The molecular weight excluding hydrogens is 238 g/mol. The Morgan fingerprint density at radius 3 is 3.05 bits per heavy atom. The molecule has 2 aromatic rings. The van der Waals surface area contributed by atoms with Gasteiger partial charge in [-0.1, -0.05) is 13.0 Å². The summed E-state index contributed by atoms with van der Waals surface area (Å²) in [4.78, 5) is 16.3. The summed E-state index contributed by atoms with van der Waals surface area (Å²) in [6, 6.07) is 9.36. The van der Waals surface area contributed by atoms with E-state index in [4.69, 9.17) is 5.73 Å². The van der Waals surface area contributed by atoms with Crippen molar-refractivity contribution >= 4 is 16.8 Å². The van der Waals surface area contributed by atoms with E-state index in [-0.39, 0.29) is 5.91 Å². The first-order valence-corrected chi connectivity index (χ1v) is 6.53. The summed E-state index contributed by atoms with van der Waals surface area (Å²) in [5, 5.41) is 3.91. The Morgan fingerprint density at radius 2 is 2.26 bits per heavy atom. The van der Waals surface area contributed by atoms with Gasteiger partial charge in [-0.3, -0.25) is 9.78 Å². The van der Waals surface area contributed by atoms with Crippen molar-refractivity contribution in [1.29, 1.82) is 0 Å². The molecule has 1 heterocycles. The van der Waals surface area contributed by atoms with Crippen LogP contribution in [0.3, 0.4) is 0 Å². The first kappa shape index (κ1) is 13.5. The van der Waals surface area contributed by atoms with Crippen molar-refractivity contribution in [3.8, 4) is 0 Å². The summed E-state index contributed by atoms with van der Waals surface area (Å²) in [7, 11) is 0. The standard InChI is InChI=1S/C15H19N3O/c1-11(6-7-16)10-18-15(19)13-4-5-14-12(9-13)3-2-8-17-14/h2-5,8-9,11H,6-7,10,16H2,1H3,(H,18,19). The lowest BCUT2D eigenvalue weighted by atomic mass is 10.1. The third-order valence-electron chi connectivity index (χ3n) is 3.14. The van der Waals surface area contributed by atoms with E-state index in [1.54, 1.807) is 12.3 Å². The molecule has 2 rings (SSSR count). The molecule has 1 aromatic heterocycles. The summed E-state index contributed by atoms with van der Waals surface area (Å²) < 4.78 is 0. The molecule has 4 nitrogen and oxygen atoms in total. The van der Waals surface area contributed by atoms with Gasteiger partial charge in [-0.25, -0.2) is 0 Å². The van der Waals surface area contributed by atoms with Gasteiger partial charge in [0, 0.05) is 23.7 Å². The summed E-state index contributed by atoms with van der Waals surface area (Å²) in [6.45, 7) is 3.39. The maximum atomic E-state index is 12.0. The lowest BCUT2D eigenvalue weighted by Gasteiger charge is -2.11. The topological polar surface area (TPSA) is 68.0 Å². The van der Waals surface area contributed by atoms with Gasteiger partial charge in [-0.15, -0.1) is 0 Å². The van der Waals surface area contributed by atoms with Gasteiger partial charge >= 0.3 is 0 Å². The Kier molecular flexibility index (Phi) is 4.47. The highest BCUT2D eigenvalue weighted by Crippen LogP contribution is 2.13. The normalized spacial score (nSPS) is 12.3. The zero-order chi connectivity index (χ0) is 13.7. The van der Waals surface area contributed by atoms with Gasteiger partial charge in [0.05, 0.1) is 5.52 Å². The van der Waals surface area contributed by atoms with Crippen LogP contribution in [-0.2, 0) is 0 Å². The van der Waals surface area contributed by atoms with Gasteiger partial charge in [0.15, 0.2) is 0 Å². The number of amides is 1. The van der Waals surface area contributed by atoms with Crippen molar-refractivity contribution in [3.63, 3.8) is 0 Å². The SMILES string of the molecule is CC(CCN)CNC(=O)c1ccc2ncccc2c1. The minimum absolute atomic E-state index is 0.0466. The first-order valence-electron chi connectivity index (χ1n) is 6.53. The first-order chi connectivity index (χ1) is 9.20. The van der Waals surface area contributed by atoms with Crippen LogP contribution in [0.4, 0.5) is 0 Å². The third kappa shape index (κ3) is 3.51. The Balaban J connectivity index is 2.05. The van der Waals surface area contributed by atoms with Crippen LogP contribution < -0.4 is 11.1 Å². The molecule has 1 aromatic carbocycles. The Labute approximate surface area is 113 Å². The van der Waals surface area contributed by atoms with E-state index in [1.165, 1.54) is 0 Å². The van der Waals surface area contributed by atoms with Gasteiger partial charge in [-0.2, -0.15) is 0 Å². The molecule has 0 spiro atoms. The van der Waals surface area contributed by atoms with E-state index in [0.29, 0.717) is 24.6 Å². The maximum Gasteiger partial charge on any atom is 0.251 e. The number of nitrogens with zero attached hydrogens (tertiary/aromatic N) is 1. The molecule has 0 saturated carbocycles. The molecule has 0 fully saturated rings. The smallest absolute Gasteiger partial charge is 0.251 e. The number of carbonyl (C=O) groups is 1. The number of fused-ring (bicyclic) bond motifs is 1. The van der Waals surface area contributed by atoms with Crippen LogP contribution >= 0.6 is 0 Å². The van der Waals surface area contributed by atoms with Crippen molar-refractivity contribution in [2.45, 2.75) is 13.3 Å². The maximum absolute atomic E-state index is 12.0. The van der Waals surface area contributed by atoms with Gasteiger partial charge in [0.1, 0.15) is 0 Å². The summed E-state index contributed by atoms with van der Waals surface area (Å²) in [5.41, 5.74) is 7.06. The van der Waals surface area contributed by atoms with Gasteiger partial charge in [0.2, 0.25) is 0 Å². The highest BCUT2D eigenvalue weighted by atomic mass is 16.1. The Bertz CT molecular complexity index is 568. The molecule has 100 valence electrons. The average Bonchev–Trinajstić information content (AvgIpc) is 2.44. The molecule has 0 aliphatic carbocycles. The lowest BCUT2D eigenvalue weighted by Crippen LogP contribution is -2.29. The van der Waals surface area contributed by atoms with Crippen LogP contribution in [0.1, 0.15) is 23.7 Å². The van der Waals surface area contributed by atoms with E-state index < -0.39 is 0 Å². The van der Waals surface area contributed by atoms with Crippen LogP contribution in [0.5, 0.6) is 0 Å². The van der Waals surface area contributed by atoms with Gasteiger partial charge in [-0.05, 0) is 43.1 Å². The van der Waals surface area contributed by atoms with Crippen LogP contribution in [0, 0.1) is 5.92 Å². The molecule has 0 radical (unpaired) electrons. The predicted octanol–water partition coefficient (Wildman–Crippen LogP) is 1.95. The molecule has 3 N–H and O–H groups in total. The largest absolute Gasteiger partial charge is 0.352 e. The fourth-order valence-corrected chi connectivity index (χ4v) is 1.97. The number of nitrogens with one attached hydrogen (secondary N) is 1. The molecule has 1 amide bonds. The molecule has 4 heteroatoms. The zero-order valence-corrected chi connectivity index (χ0v) is 11.1. The lowest BCUT2D eigenvalue weighted by molar-refractivity contribution is 0.0947. The van der Waals surface area contributed by atoms with E-state index >= 15 is 0 Å². The minimum atomic E-state index is -0.0466. The fraction of sp³-hybridized carbons (Fsp3) is 0.333. The van der Waals surface area contributed by atoms with Crippen LogP contribution in [0.2, 0.25) is 0 Å². The number of carbonyl (C=O) groups excluding carboxylic acids is 1. The van der Waals surface area contributed by atoms with E-state index in [9.17, 15) is 4.79 Å². The van der Waals surface area contributed by atoms with Crippen LogP contribution in [0.25, 0.3) is 10.9 Å². The molecule has 1 atom stereocenters. The summed E-state index contributed by atoms with van der Waals surface area (Å²) in [5.74, 6) is 0.352. The Hall–Kier alpha value is -1.94. The molecule has 19 heavy (non-hydrogen) atoms. The Morgan fingerprint density at radius 1 is 1.42 bits per heavy atom. The number of hydrogen-bond acceptors (Lipinski definition) is 3. The van der Waals surface area contributed by atoms with Crippen molar-refractivity contribution in [2.24, 2.45) is 11.7 Å². The van der Waals surface area contributed by atoms with Gasteiger partial charge < -0.3 is 11.1 Å². The van der Waals surface area contributed by atoms with Crippen LogP contribution in [-0.4, -0.2) is 24.0 Å². The van der Waals surface area contributed by atoms with Crippen molar-refractivity contribution in [3.05, 3.63) is 42.1 Å². The minimum Gasteiger partial charge on any atom is -0.352 e. The number of benzene rings is 1. The molecule has 0 saturated heterocycles. The van der Waals surface area contributed by atoms with E-state index in [2.05, 4.69) is 17.2 Å².